The van der Waals surface area contributed by atoms with Crippen molar-refractivity contribution in [1.29, 1.82) is 0 Å². The summed E-state index contributed by atoms with van der Waals surface area (Å²) in [4.78, 5) is 28.6. The van der Waals surface area contributed by atoms with E-state index in [0.717, 1.165) is 42.2 Å². The Kier molecular flexibility index (Phi) is 11.2. The average molecular weight is 576 g/mol. The van der Waals surface area contributed by atoms with Gasteiger partial charge in [0.05, 0.1) is 12.8 Å². The van der Waals surface area contributed by atoms with Gasteiger partial charge in [-0.1, -0.05) is 47.5 Å². The minimum absolute atomic E-state index is 0.0707. The van der Waals surface area contributed by atoms with Crippen LogP contribution < -0.4 is 5.32 Å². The maximum Gasteiger partial charge on any atom is 0.308 e. The molecule has 0 bridgehead atoms. The van der Waals surface area contributed by atoms with Gasteiger partial charge in [0.1, 0.15) is 0 Å². The summed E-state index contributed by atoms with van der Waals surface area (Å²) in [6, 6.07) is 23.1. The summed E-state index contributed by atoms with van der Waals surface area (Å²) in [7, 11) is 3.98. The normalized spacial score (nSPS) is 10.6. The summed E-state index contributed by atoms with van der Waals surface area (Å²) in [6.07, 6.45) is 0.518. The van der Waals surface area contributed by atoms with Crippen LogP contribution in [0.1, 0.15) is 9.75 Å². The summed E-state index contributed by atoms with van der Waals surface area (Å²) in [6.45, 7) is 1.54. The second-order valence-electron chi connectivity index (χ2n) is 8.45. The molecule has 0 aliphatic carbocycles. The van der Waals surface area contributed by atoms with E-state index in [1.54, 1.807) is 11.3 Å². The van der Waals surface area contributed by atoms with E-state index in [1.807, 2.05) is 85.7 Å². The Hall–Kier alpha value is -2.68. The van der Waals surface area contributed by atoms with Gasteiger partial charge in [-0.05, 0) is 73.8 Å². The standard InChI is InChI=1S/C16H19ClN2OS.C12H9ClO2S/c1-19(2)10-9-18-16(20)11-14-7-8-15(21-14)12-3-5-13(17)6-4-12;13-9-3-1-8(2-4-9)11-6-5-10(16-11)7-12(14)15/h3-8H,9-11H2,1-2H3,(H,18,20);1-6H,7H2,(H,14,15). The van der Waals surface area contributed by atoms with E-state index in [4.69, 9.17) is 28.3 Å². The van der Waals surface area contributed by atoms with Crippen LogP contribution in [0.3, 0.4) is 0 Å². The van der Waals surface area contributed by atoms with Crippen molar-refractivity contribution in [3.63, 3.8) is 0 Å². The highest BCUT2D eigenvalue weighted by Gasteiger charge is 2.08. The van der Waals surface area contributed by atoms with Crippen LogP contribution in [0.4, 0.5) is 0 Å². The molecule has 1 amide bonds. The zero-order chi connectivity index (χ0) is 26.8. The van der Waals surface area contributed by atoms with Gasteiger partial charge < -0.3 is 15.3 Å². The van der Waals surface area contributed by atoms with Crippen LogP contribution in [-0.2, 0) is 22.4 Å². The van der Waals surface area contributed by atoms with E-state index in [9.17, 15) is 9.59 Å². The molecule has 37 heavy (non-hydrogen) atoms. The molecule has 0 unspecified atom stereocenters. The van der Waals surface area contributed by atoms with Crippen LogP contribution in [-0.4, -0.2) is 49.1 Å². The molecule has 0 atom stereocenters. The van der Waals surface area contributed by atoms with Crippen molar-refractivity contribution in [2.45, 2.75) is 12.8 Å². The molecule has 4 rings (SSSR count). The van der Waals surface area contributed by atoms with Gasteiger partial charge >= 0.3 is 5.97 Å². The lowest BCUT2D eigenvalue weighted by atomic mass is 10.2. The van der Waals surface area contributed by atoms with Gasteiger partial charge in [0.15, 0.2) is 0 Å². The highest BCUT2D eigenvalue weighted by molar-refractivity contribution is 7.15. The smallest absolute Gasteiger partial charge is 0.308 e. The molecule has 5 nitrogen and oxygen atoms in total. The van der Waals surface area contributed by atoms with Gasteiger partial charge in [0, 0.05) is 42.6 Å². The average Bonchev–Trinajstić information content (AvgIpc) is 3.50. The maximum atomic E-state index is 11.8. The number of aliphatic carboxylic acids is 1. The van der Waals surface area contributed by atoms with E-state index in [-0.39, 0.29) is 12.3 Å². The van der Waals surface area contributed by atoms with Gasteiger partial charge in [0.25, 0.3) is 0 Å². The van der Waals surface area contributed by atoms with Crippen LogP contribution in [0.25, 0.3) is 20.9 Å². The monoisotopic (exact) mass is 574 g/mol. The fraction of sp³-hybridized carbons (Fsp3) is 0.214. The third-order valence-corrected chi connectivity index (χ3v) is 7.89. The van der Waals surface area contributed by atoms with E-state index >= 15 is 0 Å². The molecule has 2 N–H and O–H groups in total. The first-order valence-corrected chi connectivity index (χ1v) is 13.9. The minimum Gasteiger partial charge on any atom is -0.481 e. The molecule has 194 valence electrons. The minimum atomic E-state index is -0.801. The molecule has 2 heterocycles. The third kappa shape index (κ3) is 9.95. The number of carboxylic acids is 1. The molecule has 0 aliphatic rings. The highest BCUT2D eigenvalue weighted by Crippen LogP contribution is 2.30. The largest absolute Gasteiger partial charge is 0.481 e. The first-order chi connectivity index (χ1) is 17.7. The van der Waals surface area contributed by atoms with Gasteiger partial charge in [-0.25, -0.2) is 0 Å². The molecule has 0 fully saturated rings. The number of rotatable bonds is 9. The zero-order valence-electron chi connectivity index (χ0n) is 20.5. The Morgan fingerprint density at radius 1 is 0.757 bits per heavy atom. The van der Waals surface area contributed by atoms with Crippen molar-refractivity contribution in [2.75, 3.05) is 27.2 Å². The maximum absolute atomic E-state index is 11.8. The number of benzene rings is 2. The molecule has 0 spiro atoms. The fourth-order valence-electron chi connectivity index (χ4n) is 3.27. The first-order valence-electron chi connectivity index (χ1n) is 11.5. The molecule has 2 aromatic heterocycles. The lowest BCUT2D eigenvalue weighted by Gasteiger charge is -2.09. The predicted octanol–water partition coefficient (Wildman–Crippen LogP) is 6.98. The Labute approximate surface area is 235 Å². The Morgan fingerprint density at radius 2 is 1.22 bits per heavy atom. The Bertz CT molecular complexity index is 1300. The Morgan fingerprint density at radius 3 is 1.65 bits per heavy atom. The van der Waals surface area contributed by atoms with Crippen molar-refractivity contribution in [1.82, 2.24) is 10.2 Å². The quantitative estimate of drug-likeness (QED) is 0.226. The van der Waals surface area contributed by atoms with Crippen LogP contribution in [0.2, 0.25) is 10.0 Å². The van der Waals surface area contributed by atoms with Gasteiger partial charge in [-0.2, -0.15) is 0 Å². The number of hydrogen-bond donors (Lipinski definition) is 2. The fourth-order valence-corrected chi connectivity index (χ4v) is 5.54. The van der Waals surface area contributed by atoms with Crippen LogP contribution >= 0.6 is 45.9 Å². The lowest BCUT2D eigenvalue weighted by Crippen LogP contribution is -2.32. The second kappa shape index (κ2) is 14.3. The summed E-state index contributed by atoms with van der Waals surface area (Å²) in [5, 5.41) is 13.0. The van der Waals surface area contributed by atoms with Crippen molar-refractivity contribution in [2.24, 2.45) is 0 Å². The summed E-state index contributed by atoms with van der Waals surface area (Å²) in [5.74, 6) is -0.731. The van der Waals surface area contributed by atoms with Crippen molar-refractivity contribution in [3.8, 4) is 20.9 Å². The number of likely N-dealkylation sites (N-methyl/N-ethyl adjacent to an activating group) is 1. The van der Waals surface area contributed by atoms with Crippen molar-refractivity contribution in [3.05, 3.63) is 92.6 Å². The second-order valence-corrected chi connectivity index (χ2v) is 11.7. The van der Waals surface area contributed by atoms with Gasteiger partial charge in [0.2, 0.25) is 5.91 Å². The van der Waals surface area contributed by atoms with Crippen molar-refractivity contribution < 1.29 is 14.7 Å². The van der Waals surface area contributed by atoms with Gasteiger partial charge in [-0.15, -0.1) is 22.7 Å². The Balaban J connectivity index is 0.000000213. The van der Waals surface area contributed by atoms with E-state index in [2.05, 4.69) is 11.4 Å². The molecule has 0 saturated carbocycles. The highest BCUT2D eigenvalue weighted by atomic mass is 35.5. The summed E-state index contributed by atoms with van der Waals surface area (Å²) < 4.78 is 0. The number of amides is 1. The molecular formula is C28H28Cl2N2O3S2. The summed E-state index contributed by atoms with van der Waals surface area (Å²) >= 11 is 14.8. The molecule has 4 aromatic rings. The van der Waals surface area contributed by atoms with Crippen LogP contribution in [0.15, 0.2) is 72.8 Å². The van der Waals surface area contributed by atoms with E-state index in [0.29, 0.717) is 18.0 Å². The first kappa shape index (κ1) is 28.9. The predicted molar refractivity (Wildman–Crippen MR) is 156 cm³/mol. The lowest BCUT2D eigenvalue weighted by molar-refractivity contribution is -0.136. The summed E-state index contributed by atoms with van der Waals surface area (Å²) in [5.41, 5.74) is 2.19. The van der Waals surface area contributed by atoms with Crippen LogP contribution in [0.5, 0.6) is 0 Å². The molecule has 9 heteroatoms. The molecular weight excluding hydrogens is 547 g/mol. The van der Waals surface area contributed by atoms with Gasteiger partial charge in [-0.3, -0.25) is 9.59 Å². The van der Waals surface area contributed by atoms with Crippen LogP contribution in [0, 0.1) is 0 Å². The third-order valence-electron chi connectivity index (χ3n) is 5.12. The number of hydrogen-bond acceptors (Lipinski definition) is 5. The number of carbonyl (C=O) groups is 2. The number of nitrogens with zero attached hydrogens (tertiary/aromatic N) is 1. The van der Waals surface area contributed by atoms with E-state index in [1.165, 1.54) is 11.3 Å². The van der Waals surface area contributed by atoms with E-state index < -0.39 is 5.97 Å². The van der Waals surface area contributed by atoms with Crippen molar-refractivity contribution >= 4 is 57.8 Å². The molecule has 0 radical (unpaired) electrons. The SMILES string of the molecule is CN(C)CCNC(=O)Cc1ccc(-c2ccc(Cl)cc2)s1.O=C(O)Cc1ccc(-c2ccc(Cl)cc2)s1. The molecule has 0 saturated heterocycles. The number of halogens is 2. The number of thiophene rings is 2. The topological polar surface area (TPSA) is 69.6 Å². The molecule has 0 aliphatic heterocycles. The molecule has 2 aromatic carbocycles. The zero-order valence-corrected chi connectivity index (χ0v) is 23.7. The number of nitrogens with one attached hydrogen (secondary N) is 1. The number of carbonyl (C=O) groups excluding carboxylic acids is 1. The number of carboxylic acid groups (broad SMARTS) is 1.